The fourth-order valence-electron chi connectivity index (χ4n) is 3.05. The molecule has 1 N–H and O–H groups in total. The molecular formula is C20H28N4O. The molecule has 0 atom stereocenters. The van der Waals surface area contributed by atoms with Crippen molar-refractivity contribution >= 4 is 5.91 Å². The first kappa shape index (κ1) is 17.7. The Hall–Kier alpha value is -2.14. The van der Waals surface area contributed by atoms with Crippen LogP contribution in [0.4, 0.5) is 0 Å². The molecule has 1 aromatic carbocycles. The lowest BCUT2D eigenvalue weighted by atomic mass is 10.0. The summed E-state index contributed by atoms with van der Waals surface area (Å²) in [6.07, 6.45) is 5.72. The Morgan fingerprint density at radius 1 is 1.24 bits per heavy atom. The summed E-state index contributed by atoms with van der Waals surface area (Å²) < 4.78 is 0. The van der Waals surface area contributed by atoms with Crippen LogP contribution in [0, 0.1) is 0 Å². The first-order chi connectivity index (χ1) is 12.0. The van der Waals surface area contributed by atoms with E-state index in [0.29, 0.717) is 31.6 Å². The van der Waals surface area contributed by atoms with Crippen LogP contribution in [0.25, 0.3) is 0 Å². The highest BCUT2D eigenvalue weighted by Crippen LogP contribution is 2.29. The minimum atomic E-state index is 0.206. The minimum Gasteiger partial charge on any atom is -0.347 e. The van der Waals surface area contributed by atoms with Gasteiger partial charge in [-0.05, 0) is 36.9 Å². The Labute approximate surface area is 150 Å². The molecule has 0 aliphatic heterocycles. The zero-order valence-electron chi connectivity index (χ0n) is 15.4. The number of nitrogens with zero attached hydrogens (tertiary/aromatic N) is 3. The van der Waals surface area contributed by atoms with Gasteiger partial charge in [0.05, 0.1) is 12.9 Å². The summed E-state index contributed by atoms with van der Waals surface area (Å²) in [5, 5.41) is 0. The molecule has 5 heteroatoms. The van der Waals surface area contributed by atoms with Gasteiger partial charge in [0.1, 0.15) is 0 Å². The molecule has 1 fully saturated rings. The smallest absolute Gasteiger partial charge is 0.237 e. The summed E-state index contributed by atoms with van der Waals surface area (Å²) in [4.78, 5) is 24.0. The molecule has 1 aliphatic carbocycles. The van der Waals surface area contributed by atoms with Gasteiger partial charge in [0.2, 0.25) is 5.91 Å². The first-order valence-corrected chi connectivity index (χ1v) is 9.07. The van der Waals surface area contributed by atoms with E-state index in [-0.39, 0.29) is 5.91 Å². The van der Waals surface area contributed by atoms with Crippen LogP contribution in [0.15, 0.2) is 36.8 Å². The van der Waals surface area contributed by atoms with E-state index in [4.69, 9.17) is 0 Å². The Kier molecular flexibility index (Phi) is 5.53. The Balaban J connectivity index is 1.59. The molecule has 1 aromatic heterocycles. The standard InChI is InChI=1S/C20H28N4O/c1-15(2)17-6-4-16(5-7-17)11-24(19-8-9-19)20(25)13-23(3)12-18-10-21-14-22-18/h4-7,10,14-15,19H,8-9,11-13H2,1-3H3,(H,21,22). The van der Waals surface area contributed by atoms with E-state index < -0.39 is 0 Å². The largest absolute Gasteiger partial charge is 0.347 e. The number of aromatic nitrogens is 2. The van der Waals surface area contributed by atoms with E-state index in [0.717, 1.165) is 18.5 Å². The lowest BCUT2D eigenvalue weighted by Crippen LogP contribution is -2.39. The van der Waals surface area contributed by atoms with Crippen LogP contribution in [-0.2, 0) is 17.9 Å². The number of aromatic amines is 1. The second-order valence-electron chi connectivity index (χ2n) is 7.40. The number of H-pyrrole nitrogens is 1. The highest BCUT2D eigenvalue weighted by Gasteiger charge is 2.32. The van der Waals surface area contributed by atoms with Crippen molar-refractivity contribution in [3.63, 3.8) is 0 Å². The molecule has 25 heavy (non-hydrogen) atoms. The van der Waals surface area contributed by atoms with Crippen LogP contribution >= 0.6 is 0 Å². The first-order valence-electron chi connectivity index (χ1n) is 9.07. The van der Waals surface area contributed by atoms with Crippen molar-refractivity contribution in [2.45, 2.75) is 51.7 Å². The lowest BCUT2D eigenvalue weighted by molar-refractivity contribution is -0.133. The van der Waals surface area contributed by atoms with Crippen molar-refractivity contribution in [1.29, 1.82) is 0 Å². The van der Waals surface area contributed by atoms with Gasteiger partial charge in [-0.15, -0.1) is 0 Å². The maximum absolute atomic E-state index is 12.8. The molecule has 1 aliphatic rings. The number of benzene rings is 1. The second-order valence-corrected chi connectivity index (χ2v) is 7.40. The molecule has 2 aromatic rings. The van der Waals surface area contributed by atoms with Gasteiger partial charge in [-0.2, -0.15) is 0 Å². The maximum atomic E-state index is 12.8. The van der Waals surface area contributed by atoms with Crippen molar-refractivity contribution < 1.29 is 4.79 Å². The molecular weight excluding hydrogens is 312 g/mol. The molecule has 0 bridgehead atoms. The van der Waals surface area contributed by atoms with E-state index in [1.165, 1.54) is 11.1 Å². The summed E-state index contributed by atoms with van der Waals surface area (Å²) in [7, 11) is 1.97. The van der Waals surface area contributed by atoms with Gasteiger partial charge in [-0.1, -0.05) is 38.1 Å². The minimum absolute atomic E-state index is 0.206. The van der Waals surface area contributed by atoms with Crippen LogP contribution in [0.5, 0.6) is 0 Å². The van der Waals surface area contributed by atoms with E-state index in [2.05, 4.69) is 48.1 Å². The zero-order chi connectivity index (χ0) is 17.8. The van der Waals surface area contributed by atoms with Crippen LogP contribution in [0.3, 0.4) is 0 Å². The number of rotatable bonds is 8. The fourth-order valence-corrected chi connectivity index (χ4v) is 3.05. The molecule has 0 saturated heterocycles. The van der Waals surface area contributed by atoms with Gasteiger partial charge in [0, 0.05) is 31.0 Å². The fraction of sp³-hybridized carbons (Fsp3) is 0.500. The number of imidazole rings is 1. The van der Waals surface area contributed by atoms with E-state index >= 15 is 0 Å². The summed E-state index contributed by atoms with van der Waals surface area (Å²) in [5.41, 5.74) is 3.57. The van der Waals surface area contributed by atoms with Crippen molar-refractivity contribution in [1.82, 2.24) is 19.8 Å². The molecule has 0 radical (unpaired) electrons. The van der Waals surface area contributed by atoms with Gasteiger partial charge < -0.3 is 9.88 Å². The van der Waals surface area contributed by atoms with Crippen molar-refractivity contribution in [2.75, 3.05) is 13.6 Å². The van der Waals surface area contributed by atoms with Crippen molar-refractivity contribution in [2.24, 2.45) is 0 Å². The highest BCUT2D eigenvalue weighted by molar-refractivity contribution is 5.79. The third-order valence-corrected chi connectivity index (χ3v) is 4.71. The average molecular weight is 340 g/mol. The normalized spacial score (nSPS) is 14.3. The molecule has 1 amide bonds. The Morgan fingerprint density at radius 3 is 2.52 bits per heavy atom. The summed E-state index contributed by atoms with van der Waals surface area (Å²) >= 11 is 0. The van der Waals surface area contributed by atoms with E-state index in [1.54, 1.807) is 12.5 Å². The average Bonchev–Trinajstić information content (AvgIpc) is 3.29. The number of nitrogens with one attached hydrogen (secondary N) is 1. The Morgan fingerprint density at radius 2 is 1.96 bits per heavy atom. The number of likely N-dealkylation sites (N-methyl/N-ethyl adjacent to an activating group) is 1. The third-order valence-electron chi connectivity index (χ3n) is 4.71. The molecule has 0 spiro atoms. The van der Waals surface area contributed by atoms with Gasteiger partial charge in [-0.25, -0.2) is 4.98 Å². The number of amides is 1. The maximum Gasteiger partial charge on any atom is 0.237 e. The van der Waals surface area contributed by atoms with Gasteiger partial charge in [0.15, 0.2) is 0 Å². The quantitative estimate of drug-likeness (QED) is 0.803. The van der Waals surface area contributed by atoms with Gasteiger partial charge in [-0.3, -0.25) is 9.69 Å². The molecule has 5 nitrogen and oxygen atoms in total. The predicted octanol–water partition coefficient (Wildman–Crippen LogP) is 3.16. The number of hydrogen-bond donors (Lipinski definition) is 1. The second kappa shape index (κ2) is 7.83. The predicted molar refractivity (Wildman–Crippen MR) is 99.0 cm³/mol. The number of carbonyl (C=O) groups is 1. The van der Waals surface area contributed by atoms with Crippen LogP contribution in [0.1, 0.15) is 49.4 Å². The molecule has 1 saturated carbocycles. The number of carbonyl (C=O) groups excluding carboxylic acids is 1. The van der Waals surface area contributed by atoms with Crippen molar-refractivity contribution in [3.8, 4) is 0 Å². The summed E-state index contributed by atoms with van der Waals surface area (Å²) in [5.74, 6) is 0.740. The summed E-state index contributed by atoms with van der Waals surface area (Å²) in [6, 6.07) is 9.09. The van der Waals surface area contributed by atoms with Crippen LogP contribution < -0.4 is 0 Å². The molecule has 3 rings (SSSR count). The monoisotopic (exact) mass is 340 g/mol. The topological polar surface area (TPSA) is 52.2 Å². The number of hydrogen-bond acceptors (Lipinski definition) is 3. The van der Waals surface area contributed by atoms with Crippen molar-refractivity contribution in [3.05, 3.63) is 53.6 Å². The molecule has 0 unspecified atom stereocenters. The van der Waals surface area contributed by atoms with E-state index in [9.17, 15) is 4.79 Å². The highest BCUT2D eigenvalue weighted by atomic mass is 16.2. The third kappa shape index (κ3) is 4.92. The van der Waals surface area contributed by atoms with E-state index in [1.807, 2.05) is 16.8 Å². The Bertz CT molecular complexity index is 674. The van der Waals surface area contributed by atoms with Crippen LogP contribution in [0.2, 0.25) is 0 Å². The SMILES string of the molecule is CC(C)c1ccc(CN(C(=O)CN(C)Cc2cnc[nH]2)C2CC2)cc1. The van der Waals surface area contributed by atoms with Gasteiger partial charge in [0.25, 0.3) is 0 Å². The van der Waals surface area contributed by atoms with Crippen LogP contribution in [-0.4, -0.2) is 45.3 Å². The van der Waals surface area contributed by atoms with Gasteiger partial charge >= 0.3 is 0 Å². The molecule has 134 valence electrons. The molecule has 1 heterocycles. The summed E-state index contributed by atoms with van der Waals surface area (Å²) in [6.45, 7) is 6.24. The zero-order valence-corrected chi connectivity index (χ0v) is 15.4. The lowest BCUT2D eigenvalue weighted by Gasteiger charge is -2.25.